The number of non-ortho nitro benzene ring substituents is 1. The van der Waals surface area contributed by atoms with Gasteiger partial charge in [-0.25, -0.2) is 0 Å². The van der Waals surface area contributed by atoms with Crippen LogP contribution >= 0.6 is 11.6 Å². The maximum Gasteiger partial charge on any atom is 0.301 e. The molecule has 12 heteroatoms. The highest BCUT2D eigenvalue weighted by Crippen LogP contribution is 2.29. The van der Waals surface area contributed by atoms with Gasteiger partial charge in [0, 0.05) is 17.7 Å². The standard InChI is InChI=1S/C14H10ClN5O6/c1-8(9-2-4-11(15)13(6-9)19(23)24)16-17-12-5-3-10(18(21)22)7-14(12)20(25)26/h2-7,17H,1H3/b16-8+. The summed E-state index contributed by atoms with van der Waals surface area (Å²) >= 11 is 5.74. The van der Waals surface area contributed by atoms with Crippen molar-refractivity contribution in [1.82, 2.24) is 0 Å². The average molecular weight is 380 g/mol. The molecule has 0 heterocycles. The lowest BCUT2D eigenvalue weighted by Gasteiger charge is -2.05. The van der Waals surface area contributed by atoms with E-state index in [-0.39, 0.29) is 22.1 Å². The third-order valence-electron chi connectivity index (χ3n) is 3.29. The number of nitro benzene ring substituents is 3. The molecule has 2 rings (SSSR count). The lowest BCUT2D eigenvalue weighted by molar-refractivity contribution is -0.393. The Labute approximate surface area is 150 Å². The molecule has 0 bridgehead atoms. The molecule has 0 aliphatic heterocycles. The van der Waals surface area contributed by atoms with Gasteiger partial charge in [-0.2, -0.15) is 5.10 Å². The van der Waals surface area contributed by atoms with Crippen LogP contribution in [0, 0.1) is 30.3 Å². The van der Waals surface area contributed by atoms with Crippen LogP contribution in [0.3, 0.4) is 0 Å². The average Bonchev–Trinajstić information content (AvgIpc) is 2.59. The van der Waals surface area contributed by atoms with Crippen molar-refractivity contribution < 1.29 is 14.8 Å². The van der Waals surface area contributed by atoms with E-state index < -0.39 is 26.1 Å². The van der Waals surface area contributed by atoms with E-state index in [1.54, 1.807) is 0 Å². The molecule has 26 heavy (non-hydrogen) atoms. The predicted octanol–water partition coefficient (Wildman–Crippen LogP) is 3.90. The summed E-state index contributed by atoms with van der Waals surface area (Å²) in [4.78, 5) is 30.5. The lowest BCUT2D eigenvalue weighted by atomic mass is 10.1. The Bertz CT molecular complexity index is 945. The first-order valence-electron chi connectivity index (χ1n) is 6.88. The fourth-order valence-electron chi connectivity index (χ4n) is 1.97. The second-order valence-corrected chi connectivity index (χ2v) is 5.36. The topological polar surface area (TPSA) is 154 Å². The summed E-state index contributed by atoms with van der Waals surface area (Å²) in [6.45, 7) is 1.52. The smallest absolute Gasteiger partial charge is 0.271 e. The number of nitrogens with zero attached hydrogens (tertiary/aromatic N) is 4. The normalized spacial score (nSPS) is 11.1. The summed E-state index contributed by atoms with van der Waals surface area (Å²) in [5.41, 5.74) is 1.77. The summed E-state index contributed by atoms with van der Waals surface area (Å²) in [6, 6.07) is 7.10. The molecule has 11 nitrogen and oxygen atoms in total. The highest BCUT2D eigenvalue weighted by molar-refractivity contribution is 6.32. The minimum atomic E-state index is -0.784. The number of rotatable bonds is 6. The van der Waals surface area contributed by atoms with E-state index in [2.05, 4.69) is 10.5 Å². The SMILES string of the molecule is C/C(=N\Nc1ccc([N+](=O)[O-])cc1[N+](=O)[O-])c1ccc(Cl)c([N+](=O)[O-])c1. The minimum Gasteiger partial charge on any atom is -0.271 e. The van der Waals surface area contributed by atoms with E-state index in [1.165, 1.54) is 25.1 Å². The first-order valence-corrected chi connectivity index (χ1v) is 7.26. The van der Waals surface area contributed by atoms with E-state index in [1.807, 2.05) is 0 Å². The molecule has 0 saturated carbocycles. The van der Waals surface area contributed by atoms with Gasteiger partial charge in [0.15, 0.2) is 0 Å². The lowest BCUT2D eigenvalue weighted by Crippen LogP contribution is -2.03. The monoisotopic (exact) mass is 379 g/mol. The largest absolute Gasteiger partial charge is 0.301 e. The molecule has 0 fully saturated rings. The number of nitro groups is 3. The molecule has 1 N–H and O–H groups in total. The number of hydrazone groups is 1. The molecular weight excluding hydrogens is 370 g/mol. The Morgan fingerprint density at radius 3 is 2.19 bits per heavy atom. The van der Waals surface area contributed by atoms with Crippen LogP contribution in [0.5, 0.6) is 0 Å². The number of hydrogen-bond donors (Lipinski definition) is 1. The minimum absolute atomic E-state index is 0.0366. The highest BCUT2D eigenvalue weighted by atomic mass is 35.5. The van der Waals surface area contributed by atoms with Crippen molar-refractivity contribution in [2.75, 3.05) is 5.43 Å². The predicted molar refractivity (Wildman–Crippen MR) is 93.7 cm³/mol. The molecule has 0 aliphatic carbocycles. The second kappa shape index (κ2) is 7.53. The van der Waals surface area contributed by atoms with Crippen molar-refractivity contribution in [3.63, 3.8) is 0 Å². The van der Waals surface area contributed by atoms with Gasteiger partial charge in [0.05, 0.1) is 26.5 Å². The molecule has 0 atom stereocenters. The van der Waals surface area contributed by atoms with Crippen LogP contribution in [-0.4, -0.2) is 20.5 Å². The molecule has 0 saturated heterocycles. The Balaban J connectivity index is 2.34. The number of nitrogens with one attached hydrogen (secondary N) is 1. The van der Waals surface area contributed by atoms with E-state index in [4.69, 9.17) is 11.6 Å². The molecule has 2 aromatic carbocycles. The summed E-state index contributed by atoms with van der Waals surface area (Å²) in [7, 11) is 0. The van der Waals surface area contributed by atoms with Crippen LogP contribution in [0.4, 0.5) is 22.7 Å². The van der Waals surface area contributed by atoms with Gasteiger partial charge in [-0.15, -0.1) is 0 Å². The summed E-state index contributed by atoms with van der Waals surface area (Å²) in [5, 5.41) is 36.6. The highest BCUT2D eigenvalue weighted by Gasteiger charge is 2.19. The first-order chi connectivity index (χ1) is 12.2. The van der Waals surface area contributed by atoms with Crippen LogP contribution in [0.15, 0.2) is 41.5 Å². The molecule has 0 aliphatic rings. The molecule has 0 amide bonds. The third-order valence-corrected chi connectivity index (χ3v) is 3.61. The molecule has 2 aromatic rings. The third kappa shape index (κ3) is 4.08. The van der Waals surface area contributed by atoms with Crippen molar-refractivity contribution in [2.24, 2.45) is 5.10 Å². The summed E-state index contributed by atoms with van der Waals surface area (Å²) in [5.74, 6) is 0. The van der Waals surface area contributed by atoms with Crippen LogP contribution in [0.25, 0.3) is 0 Å². The second-order valence-electron chi connectivity index (χ2n) is 4.95. The fraction of sp³-hybridized carbons (Fsp3) is 0.0714. The Morgan fingerprint density at radius 1 is 0.962 bits per heavy atom. The van der Waals surface area contributed by atoms with Crippen LogP contribution in [-0.2, 0) is 0 Å². The fourth-order valence-corrected chi connectivity index (χ4v) is 2.15. The number of hydrogen-bond acceptors (Lipinski definition) is 8. The Kier molecular flexibility index (Phi) is 5.42. The van der Waals surface area contributed by atoms with Gasteiger partial charge >= 0.3 is 5.69 Å². The molecule has 134 valence electrons. The summed E-state index contributed by atoms with van der Waals surface area (Å²) in [6.07, 6.45) is 0. The molecule has 0 radical (unpaired) electrons. The van der Waals surface area contributed by atoms with Gasteiger partial charge < -0.3 is 0 Å². The van der Waals surface area contributed by atoms with Crippen LogP contribution in [0.2, 0.25) is 5.02 Å². The van der Waals surface area contributed by atoms with Crippen molar-refractivity contribution in [3.8, 4) is 0 Å². The molecule has 0 aromatic heterocycles. The van der Waals surface area contributed by atoms with Gasteiger partial charge in [-0.05, 0) is 19.1 Å². The van der Waals surface area contributed by atoms with Crippen molar-refractivity contribution >= 4 is 40.1 Å². The van der Waals surface area contributed by atoms with E-state index in [0.717, 1.165) is 18.2 Å². The van der Waals surface area contributed by atoms with Crippen molar-refractivity contribution in [3.05, 3.63) is 77.3 Å². The molecule has 0 spiro atoms. The van der Waals surface area contributed by atoms with Gasteiger partial charge in [0.1, 0.15) is 10.7 Å². The summed E-state index contributed by atoms with van der Waals surface area (Å²) < 4.78 is 0. The van der Waals surface area contributed by atoms with Gasteiger partial charge in [0.25, 0.3) is 11.4 Å². The quantitative estimate of drug-likeness (QED) is 0.453. The zero-order valence-electron chi connectivity index (χ0n) is 13.1. The van der Waals surface area contributed by atoms with E-state index in [0.29, 0.717) is 5.56 Å². The number of anilines is 1. The zero-order valence-corrected chi connectivity index (χ0v) is 13.8. The van der Waals surface area contributed by atoms with Gasteiger partial charge in [0.2, 0.25) is 0 Å². The Morgan fingerprint density at radius 2 is 1.62 bits per heavy atom. The van der Waals surface area contributed by atoms with Crippen molar-refractivity contribution in [2.45, 2.75) is 6.92 Å². The van der Waals surface area contributed by atoms with Gasteiger partial charge in [-0.1, -0.05) is 17.7 Å². The molecular formula is C14H10ClN5O6. The maximum atomic E-state index is 11.1. The number of halogens is 1. The van der Waals surface area contributed by atoms with E-state index in [9.17, 15) is 30.3 Å². The molecule has 0 unspecified atom stereocenters. The van der Waals surface area contributed by atoms with Crippen LogP contribution < -0.4 is 5.43 Å². The maximum absolute atomic E-state index is 11.1. The van der Waals surface area contributed by atoms with Crippen molar-refractivity contribution in [1.29, 1.82) is 0 Å². The van der Waals surface area contributed by atoms with Gasteiger partial charge in [-0.3, -0.25) is 35.8 Å². The zero-order chi connectivity index (χ0) is 19.4. The Hall–Kier alpha value is -3.60. The number of benzene rings is 2. The van der Waals surface area contributed by atoms with Crippen LogP contribution in [0.1, 0.15) is 12.5 Å². The first kappa shape index (κ1) is 18.7. The van der Waals surface area contributed by atoms with E-state index >= 15 is 0 Å².